The quantitative estimate of drug-likeness (QED) is 0.770. The molecule has 0 saturated heterocycles. The molecule has 0 fully saturated rings. The Morgan fingerprint density at radius 2 is 2.25 bits per heavy atom. The SMILES string of the molecule is COC(=O)c1cc2c(cc1F)CCC2N.Cl. The summed E-state index contributed by atoms with van der Waals surface area (Å²) in [5.41, 5.74) is 7.55. The van der Waals surface area contributed by atoms with Gasteiger partial charge in [0, 0.05) is 6.04 Å². The van der Waals surface area contributed by atoms with Crippen molar-refractivity contribution in [2.24, 2.45) is 5.73 Å². The Morgan fingerprint density at radius 1 is 1.56 bits per heavy atom. The number of hydrogen-bond acceptors (Lipinski definition) is 3. The standard InChI is InChI=1S/C11H12FNO2.ClH/c1-15-11(14)8-5-7-6(4-9(8)12)2-3-10(7)13;/h4-5,10H,2-3,13H2,1H3;1H. The summed E-state index contributed by atoms with van der Waals surface area (Å²) in [4.78, 5) is 11.2. The smallest absolute Gasteiger partial charge is 0.340 e. The fourth-order valence-electron chi connectivity index (χ4n) is 1.93. The number of methoxy groups -OCH3 is 1. The van der Waals surface area contributed by atoms with Crippen LogP contribution in [0.5, 0.6) is 0 Å². The van der Waals surface area contributed by atoms with E-state index in [2.05, 4.69) is 4.74 Å². The topological polar surface area (TPSA) is 52.3 Å². The Hall–Kier alpha value is -1.13. The molecule has 0 amide bonds. The lowest BCUT2D eigenvalue weighted by Gasteiger charge is -2.07. The Balaban J connectivity index is 0.00000128. The summed E-state index contributed by atoms with van der Waals surface area (Å²) < 4.78 is 18.0. The first-order chi connectivity index (χ1) is 7.13. The Morgan fingerprint density at radius 3 is 2.88 bits per heavy atom. The molecule has 1 aromatic carbocycles. The number of rotatable bonds is 1. The van der Waals surface area contributed by atoms with Gasteiger partial charge in [0.2, 0.25) is 0 Å². The third-order valence-electron chi connectivity index (χ3n) is 2.76. The number of benzene rings is 1. The Kier molecular flexibility index (Phi) is 3.88. The van der Waals surface area contributed by atoms with Crippen LogP contribution in [0.4, 0.5) is 4.39 Å². The molecule has 0 heterocycles. The molecule has 16 heavy (non-hydrogen) atoms. The first-order valence-electron chi connectivity index (χ1n) is 4.79. The summed E-state index contributed by atoms with van der Waals surface area (Å²) in [6.07, 6.45) is 1.58. The van der Waals surface area contributed by atoms with E-state index in [0.717, 1.165) is 24.0 Å². The molecule has 0 saturated carbocycles. The van der Waals surface area contributed by atoms with Gasteiger partial charge in [-0.3, -0.25) is 0 Å². The molecular weight excluding hydrogens is 233 g/mol. The lowest BCUT2D eigenvalue weighted by molar-refractivity contribution is 0.0595. The van der Waals surface area contributed by atoms with Crippen molar-refractivity contribution < 1.29 is 13.9 Å². The Labute approximate surface area is 99.2 Å². The molecule has 1 unspecified atom stereocenters. The van der Waals surface area contributed by atoms with E-state index >= 15 is 0 Å². The summed E-state index contributed by atoms with van der Waals surface area (Å²) in [5, 5.41) is 0. The van der Waals surface area contributed by atoms with E-state index in [1.165, 1.54) is 19.2 Å². The minimum Gasteiger partial charge on any atom is -0.465 e. The molecule has 1 aliphatic rings. The molecule has 0 spiro atoms. The molecule has 0 aromatic heterocycles. The van der Waals surface area contributed by atoms with E-state index in [9.17, 15) is 9.18 Å². The highest BCUT2D eigenvalue weighted by molar-refractivity contribution is 5.90. The largest absolute Gasteiger partial charge is 0.465 e. The molecule has 1 aliphatic carbocycles. The van der Waals surface area contributed by atoms with E-state index < -0.39 is 11.8 Å². The van der Waals surface area contributed by atoms with Gasteiger partial charge in [-0.1, -0.05) is 0 Å². The van der Waals surface area contributed by atoms with Gasteiger partial charge in [-0.2, -0.15) is 0 Å². The van der Waals surface area contributed by atoms with Crippen molar-refractivity contribution in [1.82, 2.24) is 0 Å². The first-order valence-corrected chi connectivity index (χ1v) is 4.79. The zero-order valence-corrected chi connectivity index (χ0v) is 9.64. The minimum atomic E-state index is -0.658. The fraction of sp³-hybridized carbons (Fsp3) is 0.364. The van der Waals surface area contributed by atoms with Crippen molar-refractivity contribution in [1.29, 1.82) is 0 Å². The zero-order chi connectivity index (χ0) is 11.0. The number of fused-ring (bicyclic) bond motifs is 1. The minimum absolute atomic E-state index is 0. The number of nitrogens with two attached hydrogens (primary N) is 1. The van der Waals surface area contributed by atoms with Gasteiger partial charge in [0.15, 0.2) is 0 Å². The van der Waals surface area contributed by atoms with Crippen LogP contribution in [0, 0.1) is 5.82 Å². The number of esters is 1. The third kappa shape index (κ3) is 2.03. The highest BCUT2D eigenvalue weighted by atomic mass is 35.5. The van der Waals surface area contributed by atoms with Crippen molar-refractivity contribution in [3.8, 4) is 0 Å². The summed E-state index contributed by atoms with van der Waals surface area (Å²) in [5.74, 6) is -1.19. The van der Waals surface area contributed by atoms with Crippen LogP contribution in [0.3, 0.4) is 0 Å². The predicted molar refractivity (Wildman–Crippen MR) is 60.2 cm³/mol. The average Bonchev–Trinajstić information content (AvgIpc) is 2.58. The summed E-state index contributed by atoms with van der Waals surface area (Å²) >= 11 is 0. The molecule has 2 rings (SSSR count). The predicted octanol–water partition coefficient (Wildman–Crippen LogP) is 1.98. The van der Waals surface area contributed by atoms with Crippen LogP contribution in [0.15, 0.2) is 12.1 Å². The first kappa shape index (κ1) is 12.9. The number of ether oxygens (including phenoxy) is 1. The van der Waals surface area contributed by atoms with Crippen LogP contribution in [0.1, 0.15) is 33.9 Å². The van der Waals surface area contributed by atoms with Crippen LogP contribution in [-0.2, 0) is 11.2 Å². The highest BCUT2D eigenvalue weighted by Crippen LogP contribution is 2.31. The van der Waals surface area contributed by atoms with Crippen molar-refractivity contribution in [2.75, 3.05) is 7.11 Å². The lowest BCUT2D eigenvalue weighted by atomic mass is 10.0. The number of carbonyl (C=O) groups is 1. The van der Waals surface area contributed by atoms with Crippen LogP contribution in [-0.4, -0.2) is 13.1 Å². The van der Waals surface area contributed by atoms with E-state index in [0.29, 0.717) is 0 Å². The fourth-order valence-corrected chi connectivity index (χ4v) is 1.93. The van der Waals surface area contributed by atoms with Gasteiger partial charge >= 0.3 is 5.97 Å². The second-order valence-corrected chi connectivity index (χ2v) is 3.67. The molecule has 88 valence electrons. The molecule has 1 atom stereocenters. The van der Waals surface area contributed by atoms with E-state index in [1.54, 1.807) is 0 Å². The van der Waals surface area contributed by atoms with Crippen LogP contribution in [0.25, 0.3) is 0 Å². The molecule has 2 N–H and O–H groups in total. The average molecular weight is 246 g/mol. The van der Waals surface area contributed by atoms with Crippen LogP contribution >= 0.6 is 12.4 Å². The summed E-state index contributed by atoms with van der Waals surface area (Å²) in [6.45, 7) is 0. The van der Waals surface area contributed by atoms with Crippen LogP contribution in [0.2, 0.25) is 0 Å². The maximum absolute atomic E-state index is 13.5. The van der Waals surface area contributed by atoms with Gasteiger partial charge in [-0.15, -0.1) is 12.4 Å². The number of aryl methyl sites for hydroxylation is 1. The van der Waals surface area contributed by atoms with E-state index in [4.69, 9.17) is 5.73 Å². The number of carbonyl (C=O) groups excluding carboxylic acids is 1. The van der Waals surface area contributed by atoms with Gasteiger partial charge in [0.05, 0.1) is 12.7 Å². The molecule has 0 aliphatic heterocycles. The normalized spacial score (nSPS) is 17.6. The van der Waals surface area contributed by atoms with Crippen molar-refractivity contribution in [2.45, 2.75) is 18.9 Å². The van der Waals surface area contributed by atoms with Gasteiger partial charge in [-0.05, 0) is 36.1 Å². The van der Waals surface area contributed by atoms with Gasteiger partial charge < -0.3 is 10.5 Å². The monoisotopic (exact) mass is 245 g/mol. The lowest BCUT2D eigenvalue weighted by Crippen LogP contribution is -2.09. The van der Waals surface area contributed by atoms with E-state index in [-0.39, 0.29) is 24.0 Å². The molecular formula is C11H13ClFNO2. The van der Waals surface area contributed by atoms with Gasteiger partial charge in [-0.25, -0.2) is 9.18 Å². The van der Waals surface area contributed by atoms with Crippen molar-refractivity contribution >= 4 is 18.4 Å². The van der Waals surface area contributed by atoms with Crippen LogP contribution < -0.4 is 5.73 Å². The maximum atomic E-state index is 13.5. The van der Waals surface area contributed by atoms with Crippen molar-refractivity contribution in [3.05, 3.63) is 34.6 Å². The number of halogens is 2. The zero-order valence-electron chi connectivity index (χ0n) is 8.83. The molecule has 5 heteroatoms. The maximum Gasteiger partial charge on any atom is 0.340 e. The second-order valence-electron chi connectivity index (χ2n) is 3.67. The third-order valence-corrected chi connectivity index (χ3v) is 2.76. The molecule has 3 nitrogen and oxygen atoms in total. The molecule has 0 bridgehead atoms. The Bertz CT molecular complexity index is 423. The number of hydrogen-bond donors (Lipinski definition) is 1. The molecule has 1 aromatic rings. The van der Waals surface area contributed by atoms with Crippen molar-refractivity contribution in [3.63, 3.8) is 0 Å². The highest BCUT2D eigenvalue weighted by Gasteiger charge is 2.23. The van der Waals surface area contributed by atoms with E-state index in [1.807, 2.05) is 0 Å². The molecule has 0 radical (unpaired) electrons. The summed E-state index contributed by atoms with van der Waals surface area (Å²) in [6, 6.07) is 2.80. The second kappa shape index (κ2) is 4.80. The van der Waals surface area contributed by atoms with Gasteiger partial charge in [0.25, 0.3) is 0 Å². The van der Waals surface area contributed by atoms with Gasteiger partial charge in [0.1, 0.15) is 5.82 Å². The summed E-state index contributed by atoms with van der Waals surface area (Å²) in [7, 11) is 1.23.